The lowest BCUT2D eigenvalue weighted by Gasteiger charge is -2.12. The Hall–Kier alpha value is -4.02. The second kappa shape index (κ2) is 13.7. The first-order valence-electron chi connectivity index (χ1n) is 13.1. The molecule has 5 rings (SSSR count). The standard InChI is InChI=1S/C32H23BrCl3N3O5/c1-3-43-26-14-17(8-12-24(26)44-32(41)20-10-9-18(34)15-23(20)36)16-37-39-31(40)30-27(19-6-4-5-7-22(19)35)28-21(33)11-13-25(42-2)29(28)38-30/h4-16,38H,3H2,1-2H3,(H,39,40). The highest BCUT2D eigenvalue weighted by molar-refractivity contribution is 9.10. The van der Waals surface area contributed by atoms with Crippen LogP contribution in [0.2, 0.25) is 15.1 Å². The van der Waals surface area contributed by atoms with Crippen molar-refractivity contribution < 1.29 is 23.8 Å². The van der Waals surface area contributed by atoms with Gasteiger partial charge in [0.05, 0.1) is 36.0 Å². The van der Waals surface area contributed by atoms with Crippen molar-refractivity contribution in [2.45, 2.75) is 6.92 Å². The van der Waals surface area contributed by atoms with Gasteiger partial charge in [0.25, 0.3) is 5.91 Å². The molecule has 8 nitrogen and oxygen atoms in total. The molecule has 2 N–H and O–H groups in total. The number of esters is 1. The van der Waals surface area contributed by atoms with Crippen LogP contribution in [0.5, 0.6) is 17.2 Å². The average molecular weight is 716 g/mol. The highest BCUT2D eigenvalue weighted by Gasteiger charge is 2.24. The molecule has 0 atom stereocenters. The number of carbonyl (C=O) groups excluding carboxylic acids is 2. The van der Waals surface area contributed by atoms with Crippen LogP contribution in [-0.4, -0.2) is 36.8 Å². The maximum atomic E-state index is 13.5. The number of rotatable bonds is 9. The molecule has 44 heavy (non-hydrogen) atoms. The van der Waals surface area contributed by atoms with Gasteiger partial charge >= 0.3 is 5.97 Å². The summed E-state index contributed by atoms with van der Waals surface area (Å²) in [6.45, 7) is 2.11. The predicted molar refractivity (Wildman–Crippen MR) is 177 cm³/mol. The molecule has 0 saturated heterocycles. The number of halogens is 4. The van der Waals surface area contributed by atoms with Gasteiger partial charge in [-0.1, -0.05) is 68.9 Å². The number of methoxy groups -OCH3 is 1. The molecule has 12 heteroatoms. The second-order valence-electron chi connectivity index (χ2n) is 9.21. The summed E-state index contributed by atoms with van der Waals surface area (Å²) in [5, 5.41) is 5.93. The van der Waals surface area contributed by atoms with Gasteiger partial charge in [0.1, 0.15) is 11.4 Å². The molecule has 0 unspecified atom stereocenters. The van der Waals surface area contributed by atoms with Crippen LogP contribution in [0, 0.1) is 0 Å². The summed E-state index contributed by atoms with van der Waals surface area (Å²) in [7, 11) is 1.55. The number of carbonyl (C=O) groups is 2. The first-order chi connectivity index (χ1) is 21.2. The molecule has 5 aromatic rings. The molecular formula is C32H23BrCl3N3O5. The van der Waals surface area contributed by atoms with Gasteiger partial charge in [0.2, 0.25) is 0 Å². The molecule has 0 aliphatic rings. The minimum absolute atomic E-state index is 0.157. The Labute approximate surface area is 276 Å². The Morgan fingerprint density at radius 3 is 2.45 bits per heavy atom. The van der Waals surface area contributed by atoms with Crippen LogP contribution in [0.1, 0.15) is 33.3 Å². The molecule has 1 aromatic heterocycles. The number of fused-ring (bicyclic) bond motifs is 1. The fraction of sp³-hybridized carbons (Fsp3) is 0.0938. The third kappa shape index (κ3) is 6.56. The second-order valence-corrected chi connectivity index (χ2v) is 11.3. The lowest BCUT2D eigenvalue weighted by atomic mass is 10.0. The fourth-order valence-corrected chi connectivity index (χ4v) is 5.75. The maximum Gasteiger partial charge on any atom is 0.345 e. The SMILES string of the molecule is CCOc1cc(C=NNC(=O)c2[nH]c3c(OC)ccc(Br)c3c2-c2ccccc2Cl)ccc1OC(=O)c1ccc(Cl)cc1Cl. The summed E-state index contributed by atoms with van der Waals surface area (Å²) < 4.78 is 17.5. The van der Waals surface area contributed by atoms with Crippen molar-refractivity contribution in [3.63, 3.8) is 0 Å². The molecule has 0 saturated carbocycles. The van der Waals surface area contributed by atoms with Gasteiger partial charge in [-0.2, -0.15) is 5.10 Å². The summed E-state index contributed by atoms with van der Waals surface area (Å²) in [5.74, 6) is -0.128. The molecule has 1 amide bonds. The van der Waals surface area contributed by atoms with Crippen LogP contribution in [-0.2, 0) is 0 Å². The highest BCUT2D eigenvalue weighted by Crippen LogP contribution is 2.43. The van der Waals surface area contributed by atoms with Gasteiger partial charge in [0, 0.05) is 31.0 Å². The number of H-pyrrole nitrogens is 1. The number of benzene rings is 4. The predicted octanol–water partition coefficient (Wildman–Crippen LogP) is 8.95. The van der Waals surface area contributed by atoms with Crippen LogP contribution in [0.4, 0.5) is 0 Å². The Balaban J connectivity index is 1.42. The van der Waals surface area contributed by atoms with Gasteiger partial charge in [-0.05, 0) is 67.1 Å². The van der Waals surface area contributed by atoms with Crippen molar-refractivity contribution >= 4 is 79.7 Å². The molecule has 0 aliphatic heterocycles. The Morgan fingerprint density at radius 1 is 0.955 bits per heavy atom. The summed E-state index contributed by atoms with van der Waals surface area (Å²) >= 11 is 22.3. The van der Waals surface area contributed by atoms with Crippen LogP contribution in [0.3, 0.4) is 0 Å². The van der Waals surface area contributed by atoms with Gasteiger partial charge in [-0.15, -0.1) is 0 Å². The molecule has 224 valence electrons. The number of nitrogens with one attached hydrogen (secondary N) is 2. The quantitative estimate of drug-likeness (QED) is 0.0687. The number of aromatic amines is 1. The summed E-state index contributed by atoms with van der Waals surface area (Å²) in [6.07, 6.45) is 1.44. The Kier molecular flexibility index (Phi) is 9.80. The Bertz CT molecular complexity index is 1930. The van der Waals surface area contributed by atoms with Crippen molar-refractivity contribution in [1.82, 2.24) is 10.4 Å². The maximum absolute atomic E-state index is 13.5. The van der Waals surface area contributed by atoms with E-state index in [0.717, 1.165) is 9.86 Å². The lowest BCUT2D eigenvalue weighted by Crippen LogP contribution is -2.19. The van der Waals surface area contributed by atoms with E-state index in [1.165, 1.54) is 18.3 Å². The van der Waals surface area contributed by atoms with Gasteiger partial charge in [0.15, 0.2) is 11.5 Å². The monoisotopic (exact) mass is 713 g/mol. The zero-order chi connectivity index (χ0) is 31.4. The fourth-order valence-electron chi connectivity index (χ4n) is 4.50. The van der Waals surface area contributed by atoms with E-state index in [1.807, 2.05) is 24.3 Å². The zero-order valence-corrected chi connectivity index (χ0v) is 27.1. The van der Waals surface area contributed by atoms with E-state index in [0.29, 0.717) is 50.4 Å². The molecular weight excluding hydrogens is 693 g/mol. The van der Waals surface area contributed by atoms with Crippen LogP contribution < -0.4 is 19.6 Å². The number of hydrazone groups is 1. The number of amides is 1. The number of hydrogen-bond acceptors (Lipinski definition) is 6. The first kappa shape index (κ1) is 31.4. The van der Waals surface area contributed by atoms with Crippen molar-refractivity contribution in [2.75, 3.05) is 13.7 Å². The Morgan fingerprint density at radius 2 is 1.73 bits per heavy atom. The molecule has 1 heterocycles. The average Bonchev–Trinajstić information content (AvgIpc) is 3.40. The van der Waals surface area contributed by atoms with Crippen LogP contribution >= 0.6 is 50.7 Å². The van der Waals surface area contributed by atoms with Crippen molar-refractivity contribution in [2.24, 2.45) is 5.10 Å². The summed E-state index contributed by atoms with van der Waals surface area (Å²) in [4.78, 5) is 29.4. The molecule has 0 bridgehead atoms. The number of nitrogens with zero attached hydrogens (tertiary/aromatic N) is 1. The largest absolute Gasteiger partial charge is 0.495 e. The van der Waals surface area contributed by atoms with E-state index in [2.05, 4.69) is 31.4 Å². The normalized spacial score (nSPS) is 11.1. The minimum Gasteiger partial charge on any atom is -0.495 e. The summed E-state index contributed by atoms with van der Waals surface area (Å²) in [5.41, 5.74) is 5.43. The number of hydrogen-bond donors (Lipinski definition) is 2. The van der Waals surface area contributed by atoms with Gasteiger partial charge in [-0.3, -0.25) is 4.79 Å². The van der Waals surface area contributed by atoms with Crippen LogP contribution in [0.15, 0.2) is 82.4 Å². The molecule has 4 aromatic carbocycles. The summed E-state index contributed by atoms with van der Waals surface area (Å²) in [6, 6.07) is 20.2. The van der Waals surface area contributed by atoms with Crippen molar-refractivity contribution in [1.29, 1.82) is 0 Å². The topological polar surface area (TPSA) is 102 Å². The van der Waals surface area contributed by atoms with Crippen molar-refractivity contribution in [3.8, 4) is 28.4 Å². The van der Waals surface area contributed by atoms with E-state index < -0.39 is 11.9 Å². The van der Waals surface area contributed by atoms with E-state index in [-0.39, 0.29) is 22.0 Å². The van der Waals surface area contributed by atoms with E-state index in [4.69, 9.17) is 49.0 Å². The molecule has 0 fully saturated rings. The lowest BCUT2D eigenvalue weighted by molar-refractivity contribution is 0.0728. The highest BCUT2D eigenvalue weighted by atomic mass is 79.9. The van der Waals surface area contributed by atoms with E-state index in [9.17, 15) is 9.59 Å². The zero-order valence-electron chi connectivity index (χ0n) is 23.2. The molecule has 0 radical (unpaired) electrons. The van der Waals surface area contributed by atoms with Crippen LogP contribution in [0.25, 0.3) is 22.0 Å². The minimum atomic E-state index is -0.669. The van der Waals surface area contributed by atoms with E-state index >= 15 is 0 Å². The molecule has 0 aliphatic carbocycles. The van der Waals surface area contributed by atoms with E-state index in [1.54, 1.807) is 50.4 Å². The third-order valence-electron chi connectivity index (χ3n) is 6.46. The number of ether oxygens (including phenoxy) is 3. The third-order valence-corrected chi connectivity index (χ3v) is 8.00. The smallest absolute Gasteiger partial charge is 0.345 e. The molecule has 0 spiro atoms. The van der Waals surface area contributed by atoms with Crippen molar-refractivity contribution in [3.05, 3.63) is 109 Å². The van der Waals surface area contributed by atoms with Gasteiger partial charge in [-0.25, -0.2) is 10.2 Å². The first-order valence-corrected chi connectivity index (χ1v) is 15.0. The number of aromatic nitrogens is 1. The van der Waals surface area contributed by atoms with Gasteiger partial charge < -0.3 is 19.2 Å².